The van der Waals surface area contributed by atoms with E-state index in [-0.39, 0.29) is 12.3 Å². The molecule has 0 spiro atoms. The summed E-state index contributed by atoms with van der Waals surface area (Å²) < 4.78 is 46.3. The van der Waals surface area contributed by atoms with Gasteiger partial charge in [-0.3, -0.25) is 4.90 Å². The third-order valence-electron chi connectivity index (χ3n) is 6.94. The van der Waals surface area contributed by atoms with Gasteiger partial charge in [0.25, 0.3) is 0 Å². The van der Waals surface area contributed by atoms with Crippen LogP contribution in [0.2, 0.25) is 0 Å². The average molecular weight is 463 g/mol. The van der Waals surface area contributed by atoms with Crippen molar-refractivity contribution in [2.24, 2.45) is 0 Å². The minimum atomic E-state index is -4.28. The van der Waals surface area contributed by atoms with Gasteiger partial charge in [0.2, 0.25) is 0 Å². The molecule has 0 aliphatic carbocycles. The minimum absolute atomic E-state index is 0.0940. The second-order valence-electron chi connectivity index (χ2n) is 9.14. The maximum Gasteiger partial charge on any atom is 0.408 e. The van der Waals surface area contributed by atoms with Crippen molar-refractivity contribution >= 4 is 23.1 Å². The van der Waals surface area contributed by atoms with Crippen molar-refractivity contribution in [3.63, 3.8) is 0 Å². The summed E-state index contributed by atoms with van der Waals surface area (Å²) in [4.78, 5) is 12.7. The predicted molar refractivity (Wildman–Crippen MR) is 121 cm³/mol. The van der Waals surface area contributed by atoms with Gasteiger partial charge in [-0.1, -0.05) is 0 Å². The summed E-state index contributed by atoms with van der Waals surface area (Å²) in [6.45, 7) is 3.85. The van der Waals surface area contributed by atoms with Crippen molar-refractivity contribution in [2.45, 2.75) is 49.9 Å². The third kappa shape index (κ3) is 4.86. The summed E-state index contributed by atoms with van der Waals surface area (Å²) in [5, 5.41) is 3.15. The molecule has 0 saturated carbocycles. The van der Waals surface area contributed by atoms with E-state index in [9.17, 15) is 13.2 Å². The molecule has 7 nitrogen and oxygen atoms in total. The zero-order valence-corrected chi connectivity index (χ0v) is 18.4. The number of piperidine rings is 1. The standard InChI is InChI=1S/C23H29F3N6O/c24-23(25,26)19-2-1-7-32(19)22-11-16(15-4-8-31(9-5-15)18-13-33-14-18)10-21(30-22)29-20-12-17(27)3-6-28-20/h3,6,10-12,15,18-19H,1-2,4-5,7-9,13-14H2,(H3,27,28,29,30)/t19-/m1/s1. The van der Waals surface area contributed by atoms with E-state index in [1.807, 2.05) is 12.1 Å². The molecular formula is C23H29F3N6O. The number of pyridine rings is 2. The highest BCUT2D eigenvalue weighted by atomic mass is 19.4. The molecule has 5 heterocycles. The van der Waals surface area contributed by atoms with Gasteiger partial charge >= 0.3 is 6.18 Å². The van der Waals surface area contributed by atoms with Gasteiger partial charge in [0, 0.05) is 24.5 Å². The number of nitrogens with one attached hydrogen (secondary N) is 1. The van der Waals surface area contributed by atoms with E-state index in [0.717, 1.165) is 44.7 Å². The lowest BCUT2D eigenvalue weighted by Gasteiger charge is -2.41. The number of aromatic nitrogens is 2. The lowest BCUT2D eigenvalue weighted by Crippen LogP contribution is -2.51. The molecule has 3 saturated heterocycles. The van der Waals surface area contributed by atoms with E-state index >= 15 is 0 Å². The SMILES string of the molecule is Nc1ccnc(Nc2cc(C3CCN(C4COC4)CC3)cc(N3CCC[C@@H]3C(F)(F)F)n2)c1. The van der Waals surface area contributed by atoms with Crippen molar-refractivity contribution in [2.75, 3.05) is 48.8 Å². The number of ether oxygens (including phenoxy) is 1. The minimum Gasteiger partial charge on any atom is -0.399 e. The van der Waals surface area contributed by atoms with E-state index in [1.165, 1.54) is 4.90 Å². The van der Waals surface area contributed by atoms with E-state index in [1.54, 1.807) is 18.3 Å². The average Bonchev–Trinajstić information content (AvgIpc) is 3.24. The summed E-state index contributed by atoms with van der Waals surface area (Å²) in [7, 11) is 0. The second kappa shape index (κ2) is 8.98. The van der Waals surface area contributed by atoms with Crippen molar-refractivity contribution in [3.8, 4) is 0 Å². The van der Waals surface area contributed by atoms with Crippen LogP contribution in [0.4, 0.5) is 36.3 Å². The maximum absolute atomic E-state index is 13.7. The van der Waals surface area contributed by atoms with Crippen molar-refractivity contribution in [3.05, 3.63) is 36.0 Å². The second-order valence-corrected chi connectivity index (χ2v) is 9.14. The zero-order chi connectivity index (χ0) is 23.0. The first-order chi connectivity index (χ1) is 15.9. The molecular weight excluding hydrogens is 433 g/mol. The normalized spacial score (nSPS) is 23.0. The van der Waals surface area contributed by atoms with Crippen LogP contribution in [0.15, 0.2) is 30.5 Å². The molecule has 0 unspecified atom stereocenters. The molecule has 33 heavy (non-hydrogen) atoms. The van der Waals surface area contributed by atoms with Crippen LogP contribution >= 0.6 is 0 Å². The van der Waals surface area contributed by atoms with Crippen LogP contribution in [0.25, 0.3) is 0 Å². The first-order valence-corrected chi connectivity index (χ1v) is 11.5. The van der Waals surface area contributed by atoms with E-state index in [0.29, 0.717) is 42.1 Å². The Balaban J connectivity index is 1.42. The van der Waals surface area contributed by atoms with Crippen LogP contribution in [0.5, 0.6) is 0 Å². The van der Waals surface area contributed by atoms with E-state index in [2.05, 4.69) is 20.2 Å². The molecule has 2 aromatic heterocycles. The van der Waals surface area contributed by atoms with Gasteiger partial charge < -0.3 is 20.7 Å². The topological polar surface area (TPSA) is 79.5 Å². The van der Waals surface area contributed by atoms with Gasteiger partial charge in [0.15, 0.2) is 0 Å². The summed E-state index contributed by atoms with van der Waals surface area (Å²) >= 11 is 0. The Labute approximate surface area is 191 Å². The summed E-state index contributed by atoms with van der Waals surface area (Å²) in [5.74, 6) is 1.64. The Morgan fingerprint density at radius 2 is 1.82 bits per heavy atom. The number of anilines is 4. The van der Waals surface area contributed by atoms with Crippen LogP contribution < -0.4 is 16.0 Å². The number of nitrogens with two attached hydrogens (primary N) is 1. The lowest BCUT2D eigenvalue weighted by atomic mass is 9.89. The number of halogens is 3. The van der Waals surface area contributed by atoms with Gasteiger partial charge in [-0.2, -0.15) is 13.2 Å². The number of alkyl halides is 3. The molecule has 3 fully saturated rings. The fourth-order valence-corrected chi connectivity index (χ4v) is 5.04. The number of rotatable bonds is 5. The highest BCUT2D eigenvalue weighted by molar-refractivity contribution is 5.60. The van der Waals surface area contributed by atoms with Crippen molar-refractivity contribution in [1.29, 1.82) is 0 Å². The molecule has 3 aliphatic heterocycles. The van der Waals surface area contributed by atoms with E-state index in [4.69, 9.17) is 10.5 Å². The van der Waals surface area contributed by atoms with Gasteiger partial charge in [-0.05, 0) is 68.5 Å². The van der Waals surface area contributed by atoms with Crippen molar-refractivity contribution < 1.29 is 17.9 Å². The predicted octanol–water partition coefficient (Wildman–Crippen LogP) is 3.91. The number of hydrogen-bond acceptors (Lipinski definition) is 7. The monoisotopic (exact) mass is 462 g/mol. The van der Waals surface area contributed by atoms with Crippen LogP contribution in [-0.4, -0.2) is 66.0 Å². The number of nitrogens with zero attached hydrogens (tertiary/aromatic N) is 4. The highest BCUT2D eigenvalue weighted by Crippen LogP contribution is 2.38. The van der Waals surface area contributed by atoms with Crippen LogP contribution in [-0.2, 0) is 4.74 Å². The highest BCUT2D eigenvalue weighted by Gasteiger charge is 2.46. The summed E-state index contributed by atoms with van der Waals surface area (Å²) in [5.41, 5.74) is 7.43. The molecule has 10 heteroatoms. The first-order valence-electron chi connectivity index (χ1n) is 11.5. The Bertz CT molecular complexity index is 975. The molecule has 3 N–H and O–H groups in total. The molecule has 0 bridgehead atoms. The van der Waals surface area contributed by atoms with E-state index < -0.39 is 12.2 Å². The number of nitrogen functional groups attached to an aromatic ring is 1. The fraction of sp³-hybridized carbons (Fsp3) is 0.565. The first kappa shape index (κ1) is 22.2. The molecule has 5 rings (SSSR count). The zero-order valence-electron chi connectivity index (χ0n) is 18.4. The molecule has 1 atom stereocenters. The van der Waals surface area contributed by atoms with Crippen LogP contribution in [0.3, 0.4) is 0 Å². The molecule has 178 valence electrons. The Hall–Kier alpha value is -2.59. The Morgan fingerprint density at radius 3 is 2.48 bits per heavy atom. The third-order valence-corrected chi connectivity index (χ3v) is 6.94. The fourth-order valence-electron chi connectivity index (χ4n) is 5.04. The van der Waals surface area contributed by atoms with Crippen molar-refractivity contribution in [1.82, 2.24) is 14.9 Å². The van der Waals surface area contributed by atoms with Crippen LogP contribution in [0.1, 0.15) is 37.2 Å². The smallest absolute Gasteiger partial charge is 0.399 e. The molecule has 0 amide bonds. The molecule has 2 aromatic rings. The largest absolute Gasteiger partial charge is 0.408 e. The summed E-state index contributed by atoms with van der Waals surface area (Å²) in [6, 6.07) is 6.16. The lowest BCUT2D eigenvalue weighted by molar-refractivity contribution is -0.146. The van der Waals surface area contributed by atoms with Gasteiger partial charge in [-0.25, -0.2) is 9.97 Å². The van der Waals surface area contributed by atoms with Gasteiger partial charge in [-0.15, -0.1) is 0 Å². The van der Waals surface area contributed by atoms with Crippen LogP contribution in [0, 0.1) is 0 Å². The molecule has 0 radical (unpaired) electrons. The van der Waals surface area contributed by atoms with Gasteiger partial charge in [0.05, 0.1) is 19.3 Å². The number of likely N-dealkylation sites (tertiary alicyclic amines) is 1. The Morgan fingerprint density at radius 1 is 1.03 bits per heavy atom. The maximum atomic E-state index is 13.7. The quantitative estimate of drug-likeness (QED) is 0.697. The van der Waals surface area contributed by atoms with Gasteiger partial charge in [0.1, 0.15) is 23.5 Å². The summed E-state index contributed by atoms with van der Waals surface area (Å²) in [6.07, 6.45) is -0.193. The Kier molecular flexibility index (Phi) is 6.05. The number of hydrogen-bond donors (Lipinski definition) is 2. The molecule has 3 aliphatic rings. The molecule has 0 aromatic carbocycles.